The van der Waals surface area contributed by atoms with Gasteiger partial charge in [-0.1, -0.05) is 0 Å². The first-order chi connectivity index (χ1) is 6.43. The van der Waals surface area contributed by atoms with Crippen LogP contribution in [0.25, 0.3) is 0 Å². The van der Waals surface area contributed by atoms with Crippen LogP contribution in [-0.4, -0.2) is 30.9 Å². The number of carboxylic acids is 1. The van der Waals surface area contributed by atoms with Gasteiger partial charge in [0.1, 0.15) is 5.10 Å². The molecule has 14 heavy (non-hydrogen) atoms. The molecule has 74 valence electrons. The van der Waals surface area contributed by atoms with Gasteiger partial charge in [0.25, 0.3) is 0 Å². The summed E-state index contributed by atoms with van der Waals surface area (Å²) in [5, 5.41) is 30.4. The van der Waals surface area contributed by atoms with E-state index in [9.17, 15) is 25.0 Å². The van der Waals surface area contributed by atoms with Gasteiger partial charge in [0, 0.05) is 4.79 Å². The summed E-state index contributed by atoms with van der Waals surface area (Å²) in [5.41, 5.74) is -0.873. The monoisotopic (exact) mass is 202 g/mol. The number of nitro groups is 2. The lowest BCUT2D eigenvalue weighted by molar-refractivity contribution is -0.554. The Kier molecular flexibility index (Phi) is 2.11. The fourth-order valence-corrected chi connectivity index (χ4v) is 0.721. The predicted octanol–water partition coefficient (Wildman–Crippen LogP) is -0.471. The zero-order valence-corrected chi connectivity index (χ0v) is 6.35. The Morgan fingerprint density at radius 2 is 2.07 bits per heavy atom. The van der Waals surface area contributed by atoms with E-state index in [0.717, 1.165) is 0 Å². The summed E-state index contributed by atoms with van der Waals surface area (Å²) in [6.45, 7) is 0. The molecule has 0 amide bonds. The number of hydrogen-bond donors (Lipinski definition) is 1. The Hall–Kier alpha value is -2.52. The minimum atomic E-state index is -1.66. The van der Waals surface area contributed by atoms with Gasteiger partial charge in [-0.25, -0.2) is 4.79 Å². The van der Waals surface area contributed by atoms with Gasteiger partial charge in [-0.05, 0) is 4.92 Å². The van der Waals surface area contributed by atoms with Gasteiger partial charge >= 0.3 is 11.8 Å². The zero-order chi connectivity index (χ0) is 10.9. The maximum Gasteiger partial charge on any atom is 0.395 e. The molecule has 0 aliphatic rings. The van der Waals surface area contributed by atoms with Crippen LogP contribution in [-0.2, 0) is 0 Å². The second-order valence-electron chi connectivity index (χ2n) is 2.08. The molecule has 1 heterocycles. The van der Waals surface area contributed by atoms with E-state index in [2.05, 4.69) is 5.10 Å². The highest BCUT2D eigenvalue weighted by Crippen LogP contribution is 2.11. The van der Waals surface area contributed by atoms with Crippen molar-refractivity contribution in [1.82, 2.24) is 9.89 Å². The van der Waals surface area contributed by atoms with Crippen LogP contribution < -0.4 is 0 Å². The summed E-state index contributed by atoms with van der Waals surface area (Å²) in [6, 6.07) is 0.505. The number of aromatic carboxylic acids is 1. The predicted molar refractivity (Wildman–Crippen MR) is 38.2 cm³/mol. The Balaban J connectivity index is 3.33. The highest BCUT2D eigenvalue weighted by atomic mass is 16.7. The first-order valence-corrected chi connectivity index (χ1v) is 3.06. The third-order valence-electron chi connectivity index (χ3n) is 1.24. The van der Waals surface area contributed by atoms with Crippen LogP contribution in [0, 0.1) is 20.2 Å². The van der Waals surface area contributed by atoms with Gasteiger partial charge in [-0.2, -0.15) is 0 Å². The summed E-state index contributed by atoms with van der Waals surface area (Å²) >= 11 is 0. The molecule has 0 aliphatic heterocycles. The normalized spacial score (nSPS) is 9.71. The fourth-order valence-electron chi connectivity index (χ4n) is 0.721. The first kappa shape index (κ1) is 9.57. The third kappa shape index (κ3) is 1.48. The van der Waals surface area contributed by atoms with Crippen molar-refractivity contribution in [3.05, 3.63) is 32.0 Å². The Morgan fingerprint density at radius 3 is 2.36 bits per heavy atom. The molecule has 0 spiro atoms. The fraction of sp³-hybridized carbons (Fsp3) is 0. The van der Waals surface area contributed by atoms with Gasteiger partial charge in [0.2, 0.25) is 5.69 Å². The van der Waals surface area contributed by atoms with Crippen molar-refractivity contribution in [2.75, 3.05) is 0 Å². The quantitative estimate of drug-likeness (QED) is 0.515. The van der Waals surface area contributed by atoms with Gasteiger partial charge in [0.15, 0.2) is 0 Å². The van der Waals surface area contributed by atoms with Crippen LogP contribution >= 0.6 is 0 Å². The number of carboxylic acid groups (broad SMARTS) is 1. The molecule has 0 fully saturated rings. The van der Waals surface area contributed by atoms with Gasteiger partial charge in [0.05, 0.1) is 11.1 Å². The number of rotatable bonds is 3. The molecular weight excluding hydrogens is 200 g/mol. The topological polar surface area (TPSA) is 141 Å². The van der Waals surface area contributed by atoms with Crippen molar-refractivity contribution in [3.8, 4) is 0 Å². The summed E-state index contributed by atoms with van der Waals surface area (Å²) in [4.78, 5) is 29.5. The minimum absolute atomic E-state index is 0.166. The van der Waals surface area contributed by atoms with Crippen molar-refractivity contribution in [3.63, 3.8) is 0 Å². The van der Waals surface area contributed by atoms with Crippen LogP contribution in [0.2, 0.25) is 0 Å². The number of hydrogen-bond acceptors (Lipinski definition) is 6. The molecule has 1 aromatic heterocycles. The number of aromatic nitrogens is 2. The van der Waals surface area contributed by atoms with Gasteiger partial charge in [-0.15, -0.1) is 0 Å². The Bertz CT molecular complexity index is 390. The van der Waals surface area contributed by atoms with E-state index in [1.165, 1.54) is 0 Å². The molecule has 0 saturated heterocycles. The second-order valence-corrected chi connectivity index (χ2v) is 2.08. The summed E-state index contributed by atoms with van der Waals surface area (Å²) in [7, 11) is 0. The average molecular weight is 202 g/mol. The number of nitrogens with zero attached hydrogens (tertiary/aromatic N) is 4. The molecule has 0 bridgehead atoms. The lowest BCUT2D eigenvalue weighted by Gasteiger charge is -1.92. The van der Waals surface area contributed by atoms with E-state index in [1.807, 2.05) is 0 Å². The maximum atomic E-state index is 10.4. The lowest BCUT2D eigenvalue weighted by atomic mass is 10.4. The molecule has 0 aliphatic carbocycles. The molecular formula is C4H2N4O6. The van der Waals surface area contributed by atoms with E-state index in [0.29, 0.717) is 6.07 Å². The molecule has 10 nitrogen and oxygen atoms in total. The summed E-state index contributed by atoms with van der Waals surface area (Å²) < 4.78 is 0. The smallest absolute Gasteiger partial charge is 0.395 e. The highest BCUT2D eigenvalue weighted by molar-refractivity contribution is 5.86. The molecule has 0 radical (unpaired) electrons. The number of carbonyl (C=O) groups is 1. The average Bonchev–Trinajstić information content (AvgIpc) is 2.47. The molecule has 10 heteroatoms. The van der Waals surface area contributed by atoms with E-state index in [4.69, 9.17) is 5.11 Å². The van der Waals surface area contributed by atoms with Crippen LogP contribution in [0.4, 0.5) is 5.82 Å². The van der Waals surface area contributed by atoms with Crippen molar-refractivity contribution in [2.24, 2.45) is 0 Å². The summed E-state index contributed by atoms with van der Waals surface area (Å²) in [5.74, 6) is -2.55. The standard InChI is InChI=1S/C4H2N4O6/c9-4(10)2-1-3(7(11)12)5-6(2)8(13)14/h1H,(H,9,10). The molecule has 0 unspecified atom stereocenters. The minimum Gasteiger partial charge on any atom is -0.476 e. The molecule has 0 atom stereocenters. The van der Waals surface area contributed by atoms with Crippen molar-refractivity contribution in [2.45, 2.75) is 0 Å². The first-order valence-electron chi connectivity index (χ1n) is 3.06. The Labute approximate surface area is 74.6 Å². The van der Waals surface area contributed by atoms with Crippen molar-refractivity contribution < 1.29 is 19.9 Å². The van der Waals surface area contributed by atoms with Gasteiger partial charge in [-0.3, -0.25) is 0 Å². The van der Waals surface area contributed by atoms with Crippen molar-refractivity contribution in [1.29, 1.82) is 0 Å². The van der Waals surface area contributed by atoms with E-state index in [1.54, 1.807) is 0 Å². The molecule has 1 aromatic rings. The maximum absolute atomic E-state index is 10.4. The van der Waals surface area contributed by atoms with E-state index >= 15 is 0 Å². The second kappa shape index (κ2) is 3.08. The highest BCUT2D eigenvalue weighted by Gasteiger charge is 2.26. The van der Waals surface area contributed by atoms with Crippen LogP contribution in [0.3, 0.4) is 0 Å². The van der Waals surface area contributed by atoms with Crippen LogP contribution in [0.5, 0.6) is 0 Å². The van der Waals surface area contributed by atoms with Crippen LogP contribution in [0.1, 0.15) is 10.5 Å². The molecule has 0 saturated carbocycles. The SMILES string of the molecule is O=C(O)c1cc([N+](=O)[O-])nn1[N+](=O)[O-]. The van der Waals surface area contributed by atoms with Crippen LogP contribution in [0.15, 0.2) is 6.07 Å². The van der Waals surface area contributed by atoms with Crippen molar-refractivity contribution >= 4 is 11.8 Å². The van der Waals surface area contributed by atoms with E-state index in [-0.39, 0.29) is 4.79 Å². The largest absolute Gasteiger partial charge is 0.476 e. The summed E-state index contributed by atoms with van der Waals surface area (Å²) in [6.07, 6.45) is 0. The lowest BCUT2D eigenvalue weighted by Crippen LogP contribution is -2.17. The van der Waals surface area contributed by atoms with Gasteiger partial charge < -0.3 is 25.3 Å². The molecule has 1 rings (SSSR count). The molecule has 1 N–H and O–H groups in total. The van der Waals surface area contributed by atoms with E-state index < -0.39 is 27.4 Å². The molecule has 0 aromatic carbocycles. The third-order valence-corrected chi connectivity index (χ3v) is 1.24. The Morgan fingerprint density at radius 1 is 1.50 bits per heavy atom. The zero-order valence-electron chi connectivity index (χ0n) is 6.35.